The summed E-state index contributed by atoms with van der Waals surface area (Å²) >= 11 is 3.90. The Morgan fingerprint density at radius 1 is 1.08 bits per heavy atom. The smallest absolute Gasteiger partial charge is 0.0416 e. The Morgan fingerprint density at radius 2 is 1.67 bits per heavy atom. The first-order valence-corrected chi connectivity index (χ1v) is 5.91. The molecule has 0 amide bonds. The van der Waals surface area contributed by atoms with Crippen LogP contribution in [0.15, 0.2) is 0 Å². The Bertz CT molecular complexity index is 202. The molecule has 0 saturated heterocycles. The van der Waals surface area contributed by atoms with Crippen molar-refractivity contribution >= 4 is 15.9 Å². The van der Waals surface area contributed by atoms with E-state index in [4.69, 9.17) is 5.73 Å². The molecule has 4 fully saturated rings. The normalized spacial score (nSPS) is 62.5. The Kier molecular flexibility index (Phi) is 1.48. The monoisotopic (exact) mass is 229 g/mol. The van der Waals surface area contributed by atoms with Crippen molar-refractivity contribution in [2.45, 2.75) is 42.5 Å². The molecular formula is C10H16BrN. The first-order valence-electron chi connectivity index (χ1n) is 5.12. The zero-order valence-electron chi connectivity index (χ0n) is 7.30. The van der Waals surface area contributed by atoms with Crippen molar-refractivity contribution in [3.63, 3.8) is 0 Å². The van der Waals surface area contributed by atoms with Gasteiger partial charge < -0.3 is 5.73 Å². The van der Waals surface area contributed by atoms with Crippen molar-refractivity contribution < 1.29 is 0 Å². The van der Waals surface area contributed by atoms with Gasteiger partial charge in [0.25, 0.3) is 0 Å². The molecule has 0 aromatic heterocycles. The Hall–Kier alpha value is 0.440. The highest BCUT2D eigenvalue weighted by Crippen LogP contribution is 2.58. The molecule has 0 aromatic rings. The number of rotatable bonds is 0. The highest BCUT2D eigenvalue weighted by atomic mass is 79.9. The zero-order chi connectivity index (χ0) is 8.34. The lowest BCUT2D eigenvalue weighted by Gasteiger charge is -2.57. The molecule has 2 N–H and O–H groups in total. The summed E-state index contributed by atoms with van der Waals surface area (Å²) in [7, 11) is 0. The Balaban J connectivity index is 1.97. The molecule has 1 nitrogen and oxygen atoms in total. The third kappa shape index (κ3) is 0.884. The quantitative estimate of drug-likeness (QED) is 0.635. The summed E-state index contributed by atoms with van der Waals surface area (Å²) in [5, 5.41) is 0. The van der Waals surface area contributed by atoms with Gasteiger partial charge in [0.2, 0.25) is 0 Å². The van der Waals surface area contributed by atoms with Gasteiger partial charge >= 0.3 is 0 Å². The van der Waals surface area contributed by atoms with Crippen LogP contribution in [0.4, 0.5) is 0 Å². The molecule has 12 heavy (non-hydrogen) atoms. The maximum atomic E-state index is 6.25. The van der Waals surface area contributed by atoms with E-state index in [-0.39, 0.29) is 0 Å². The molecule has 4 aliphatic rings. The summed E-state index contributed by atoms with van der Waals surface area (Å²) in [5.41, 5.74) is 6.25. The standard InChI is InChI=1S/C10H16BrN/c11-10-4-6-1-7(5-10)3-8(2-6)9(10)12/h6-9H,1-5,12H2/t6-,7+,8?,9?,10?. The lowest BCUT2D eigenvalue weighted by atomic mass is 9.54. The number of hydrogen-bond acceptors (Lipinski definition) is 1. The predicted octanol–water partition coefficient (Wildman–Crippen LogP) is 2.29. The minimum Gasteiger partial charge on any atom is -0.326 e. The second-order valence-electron chi connectivity index (χ2n) is 5.17. The van der Waals surface area contributed by atoms with Gasteiger partial charge in [-0.3, -0.25) is 0 Å². The number of halogens is 1. The van der Waals surface area contributed by atoms with Crippen molar-refractivity contribution in [3.05, 3.63) is 0 Å². The summed E-state index contributed by atoms with van der Waals surface area (Å²) < 4.78 is 0.349. The predicted molar refractivity (Wildman–Crippen MR) is 53.2 cm³/mol. The van der Waals surface area contributed by atoms with Crippen molar-refractivity contribution in [2.75, 3.05) is 0 Å². The highest BCUT2D eigenvalue weighted by molar-refractivity contribution is 9.10. The average Bonchev–Trinajstić information content (AvgIpc) is 1.98. The number of nitrogens with two attached hydrogens (primary N) is 1. The van der Waals surface area contributed by atoms with Gasteiger partial charge in [-0.05, 0) is 49.9 Å². The molecule has 0 spiro atoms. The van der Waals surface area contributed by atoms with Gasteiger partial charge in [0, 0.05) is 10.4 Å². The molecule has 0 radical (unpaired) electrons. The second kappa shape index (κ2) is 2.27. The third-order valence-corrected chi connectivity index (χ3v) is 5.48. The van der Waals surface area contributed by atoms with E-state index in [2.05, 4.69) is 15.9 Å². The topological polar surface area (TPSA) is 26.0 Å². The fraction of sp³-hybridized carbons (Fsp3) is 1.00. The van der Waals surface area contributed by atoms with Crippen LogP contribution in [0.25, 0.3) is 0 Å². The fourth-order valence-electron chi connectivity index (χ4n) is 3.98. The van der Waals surface area contributed by atoms with Crippen LogP contribution in [0, 0.1) is 17.8 Å². The number of alkyl halides is 1. The molecule has 68 valence electrons. The van der Waals surface area contributed by atoms with Crippen molar-refractivity contribution in [1.82, 2.24) is 0 Å². The molecule has 0 aromatic carbocycles. The highest BCUT2D eigenvalue weighted by Gasteiger charge is 2.54. The molecule has 5 atom stereocenters. The average molecular weight is 230 g/mol. The summed E-state index contributed by atoms with van der Waals surface area (Å²) in [6, 6.07) is 0.449. The summed E-state index contributed by atoms with van der Waals surface area (Å²) in [6.45, 7) is 0. The Morgan fingerprint density at radius 3 is 2.17 bits per heavy atom. The van der Waals surface area contributed by atoms with Crippen molar-refractivity contribution in [2.24, 2.45) is 23.5 Å². The minimum atomic E-state index is 0.349. The first-order chi connectivity index (χ1) is 5.67. The SMILES string of the molecule is NC1C2C[C@@H]3C[C@H](C2)CC1(Br)C3. The van der Waals surface area contributed by atoms with Gasteiger partial charge in [-0.2, -0.15) is 0 Å². The van der Waals surface area contributed by atoms with E-state index in [9.17, 15) is 0 Å². The maximum Gasteiger partial charge on any atom is 0.0416 e. The minimum absolute atomic E-state index is 0.349. The van der Waals surface area contributed by atoms with Crippen LogP contribution < -0.4 is 5.73 Å². The molecule has 3 unspecified atom stereocenters. The van der Waals surface area contributed by atoms with Crippen LogP contribution in [-0.4, -0.2) is 10.4 Å². The number of hydrogen-bond donors (Lipinski definition) is 1. The van der Waals surface area contributed by atoms with E-state index < -0.39 is 0 Å². The zero-order valence-corrected chi connectivity index (χ0v) is 8.89. The molecule has 2 heteroatoms. The van der Waals surface area contributed by atoms with E-state index in [1.807, 2.05) is 0 Å². The summed E-state index contributed by atoms with van der Waals surface area (Å²) in [5.74, 6) is 2.85. The molecule has 4 rings (SSSR count). The molecule has 0 aliphatic heterocycles. The summed E-state index contributed by atoms with van der Waals surface area (Å²) in [4.78, 5) is 0. The van der Waals surface area contributed by atoms with E-state index >= 15 is 0 Å². The van der Waals surface area contributed by atoms with Gasteiger partial charge in [0.15, 0.2) is 0 Å². The van der Waals surface area contributed by atoms with Crippen LogP contribution in [0.2, 0.25) is 0 Å². The van der Waals surface area contributed by atoms with E-state index in [1.165, 1.54) is 32.1 Å². The molecule has 4 bridgehead atoms. The van der Waals surface area contributed by atoms with Gasteiger partial charge in [0.05, 0.1) is 0 Å². The van der Waals surface area contributed by atoms with E-state index in [1.54, 1.807) is 0 Å². The van der Waals surface area contributed by atoms with Gasteiger partial charge in [-0.25, -0.2) is 0 Å². The summed E-state index contributed by atoms with van der Waals surface area (Å²) in [6.07, 6.45) is 7.04. The molecule has 0 heterocycles. The molecular weight excluding hydrogens is 214 g/mol. The van der Waals surface area contributed by atoms with Crippen molar-refractivity contribution in [3.8, 4) is 0 Å². The largest absolute Gasteiger partial charge is 0.326 e. The van der Waals surface area contributed by atoms with Gasteiger partial charge in [-0.1, -0.05) is 15.9 Å². The van der Waals surface area contributed by atoms with Crippen LogP contribution >= 0.6 is 15.9 Å². The molecule has 4 aliphatic carbocycles. The second-order valence-corrected chi connectivity index (χ2v) is 6.75. The van der Waals surface area contributed by atoms with E-state index in [0.717, 1.165) is 17.8 Å². The lowest BCUT2D eigenvalue weighted by molar-refractivity contribution is 0.0224. The Labute approximate surface area is 82.2 Å². The van der Waals surface area contributed by atoms with Crippen LogP contribution in [0.3, 0.4) is 0 Å². The first kappa shape index (κ1) is 7.81. The van der Waals surface area contributed by atoms with Crippen LogP contribution in [-0.2, 0) is 0 Å². The van der Waals surface area contributed by atoms with E-state index in [0.29, 0.717) is 10.4 Å². The van der Waals surface area contributed by atoms with Crippen molar-refractivity contribution in [1.29, 1.82) is 0 Å². The van der Waals surface area contributed by atoms with Gasteiger partial charge in [-0.15, -0.1) is 0 Å². The fourth-order valence-corrected chi connectivity index (χ4v) is 5.27. The van der Waals surface area contributed by atoms with Crippen LogP contribution in [0.1, 0.15) is 32.1 Å². The van der Waals surface area contributed by atoms with Gasteiger partial charge in [0.1, 0.15) is 0 Å². The maximum absolute atomic E-state index is 6.25. The molecule has 4 saturated carbocycles. The lowest BCUT2D eigenvalue weighted by Crippen LogP contribution is -2.60. The van der Waals surface area contributed by atoms with Crippen LogP contribution in [0.5, 0.6) is 0 Å². The third-order valence-electron chi connectivity index (χ3n) is 4.30.